The van der Waals surface area contributed by atoms with Crippen LogP contribution in [0.5, 0.6) is 23.0 Å². The Hall–Kier alpha value is -15.1. The van der Waals surface area contributed by atoms with E-state index in [0.717, 1.165) is 95.9 Å². The van der Waals surface area contributed by atoms with E-state index in [0.29, 0.717) is 113 Å². The predicted octanol–water partition coefficient (Wildman–Crippen LogP) is 13.4. The molecule has 0 bridgehead atoms. The first-order valence-electron chi connectivity index (χ1n) is 39.3. The van der Waals surface area contributed by atoms with Crippen LogP contribution in [0.4, 0.5) is 27.5 Å². The van der Waals surface area contributed by atoms with Gasteiger partial charge in [0.1, 0.15) is 69.9 Å². The van der Waals surface area contributed by atoms with E-state index < -0.39 is 17.4 Å². The summed E-state index contributed by atoms with van der Waals surface area (Å²) in [6, 6.07) is 36.3. The smallest absolute Gasteiger partial charge is 0.410 e. The van der Waals surface area contributed by atoms with Crippen molar-refractivity contribution in [2.75, 3.05) is 67.3 Å². The van der Waals surface area contributed by atoms with E-state index >= 15 is 0 Å². The number of aryl methyl sites for hydroxylation is 1. The van der Waals surface area contributed by atoms with Gasteiger partial charge in [-0.15, -0.1) is 0 Å². The molecular weight excluding hydrogens is 1560 g/mol. The summed E-state index contributed by atoms with van der Waals surface area (Å²) in [7, 11) is 0. The fourth-order valence-electron chi connectivity index (χ4n) is 12.7. The standard InChI is InChI=1S/C28H26N6O4.C26H31N5O4.C18H17N5O3.C16H14N4O3/c35-25(12-5-3-1-2-4-8-19-9-6-11-22-27(19)34-38-33-22)37-21-16-20-10-7-13-31-26(20)23(17-21)32-28(36)24-18-29-14-15-30-24;1-26(2,3)35-25(33)31-13-7-18(8-14-31)9-15-34-20-16-19-6-4-10-27-22(19)21(17-20)30-24(32)23-28-11-5-12-29-23;1-12(24)20-7-8-26-14-9-13-3-2-4-22-17(13)15(10-14)23-18(25)16-11-19-5-6-21-16;21-6-7-23-12-8-11-2-1-3-19-15(11)13(9-12)20-16(22)14-10-17-4-5-18-14/h6-7,9-11,13-18H,1-5,8,12H2,(H,32,36);4-6,10-12,16-18H,7-9,13-15H2,1-3H3,(H,30,32);2-6,9-11H,7-8H2,1H3,(H,20,24)(H,23,25);1-5,8-10,21H,6-7H2,(H,20,22). The highest BCUT2D eigenvalue weighted by Gasteiger charge is 2.28. The van der Waals surface area contributed by atoms with Gasteiger partial charge in [0.25, 0.3) is 23.6 Å². The Bertz CT molecular complexity index is 5890. The molecule has 0 atom stereocenters. The number of aliphatic hydroxyl groups excluding tert-OH is 1. The van der Waals surface area contributed by atoms with Crippen molar-refractivity contribution in [3.05, 3.63) is 243 Å². The zero-order valence-electron chi connectivity index (χ0n) is 67.3. The first-order valence-corrected chi connectivity index (χ1v) is 39.3. The average molecular weight is 1650 g/mol. The maximum atomic E-state index is 12.6. The number of likely N-dealkylation sites (tertiary alicyclic amines) is 1. The summed E-state index contributed by atoms with van der Waals surface area (Å²) in [5.41, 5.74) is 7.37. The first kappa shape index (κ1) is 86.3. The molecule has 1 saturated heterocycles. The van der Waals surface area contributed by atoms with E-state index in [9.17, 15) is 33.6 Å². The molecule has 0 radical (unpaired) electrons. The van der Waals surface area contributed by atoms with Crippen LogP contribution < -0.4 is 45.5 Å². The molecule has 0 aliphatic carbocycles. The number of amides is 6. The Labute approximate surface area is 699 Å². The monoisotopic (exact) mass is 1650 g/mol. The van der Waals surface area contributed by atoms with E-state index in [4.69, 9.17) is 33.4 Å². The van der Waals surface area contributed by atoms with Crippen LogP contribution in [-0.2, 0) is 20.7 Å². The molecule has 0 unspecified atom stereocenters. The summed E-state index contributed by atoms with van der Waals surface area (Å²) in [6.45, 7) is 9.79. The summed E-state index contributed by atoms with van der Waals surface area (Å²) < 4.78 is 33.1. The first-order chi connectivity index (χ1) is 59.4. The summed E-state index contributed by atoms with van der Waals surface area (Å²) in [5.74, 6) is 0.615. The van der Waals surface area contributed by atoms with Crippen LogP contribution >= 0.6 is 0 Å². The van der Waals surface area contributed by atoms with Crippen LogP contribution in [-0.4, -0.2) is 173 Å². The summed E-state index contributed by atoms with van der Waals surface area (Å²) in [5, 5.41) is 33.9. The molecule has 34 nitrogen and oxygen atoms in total. The van der Waals surface area contributed by atoms with Gasteiger partial charge in [0.05, 0.1) is 83.2 Å². The minimum absolute atomic E-state index is 0.0839. The van der Waals surface area contributed by atoms with E-state index in [1.165, 1.54) is 75.1 Å². The highest BCUT2D eigenvalue weighted by Crippen LogP contribution is 2.34. The molecule has 624 valence electrons. The number of ether oxygens (including phenoxy) is 5. The number of carbonyl (C=O) groups excluding carboxylic acids is 7. The van der Waals surface area contributed by atoms with Crippen molar-refractivity contribution in [2.45, 2.75) is 97.5 Å². The number of hydrogen-bond acceptors (Lipinski definition) is 28. The maximum Gasteiger partial charge on any atom is 0.410 e. The topological polar surface area (TPSA) is 443 Å². The Morgan fingerprint density at radius 2 is 0.918 bits per heavy atom. The molecule has 10 heterocycles. The van der Waals surface area contributed by atoms with Gasteiger partial charge in [-0.2, -0.15) is 0 Å². The minimum atomic E-state index is -0.483. The van der Waals surface area contributed by atoms with Crippen LogP contribution in [0.2, 0.25) is 0 Å². The Morgan fingerprint density at radius 3 is 1.39 bits per heavy atom. The Morgan fingerprint density at radius 1 is 0.467 bits per heavy atom. The predicted molar refractivity (Wildman–Crippen MR) is 453 cm³/mol. The van der Waals surface area contributed by atoms with Crippen LogP contribution in [0.3, 0.4) is 0 Å². The second kappa shape index (κ2) is 43.4. The maximum absolute atomic E-state index is 12.6. The normalized spacial score (nSPS) is 11.8. The van der Waals surface area contributed by atoms with Gasteiger partial charge in [0, 0.05) is 147 Å². The van der Waals surface area contributed by atoms with Gasteiger partial charge < -0.3 is 60.3 Å². The van der Waals surface area contributed by atoms with Crippen LogP contribution in [0.25, 0.3) is 54.6 Å². The molecule has 6 amide bonds. The number of aromatic nitrogens is 14. The van der Waals surface area contributed by atoms with E-state index in [2.05, 4.69) is 103 Å². The summed E-state index contributed by atoms with van der Waals surface area (Å²) in [4.78, 5) is 136. The van der Waals surface area contributed by atoms with Crippen molar-refractivity contribution in [3.63, 3.8) is 0 Å². The molecule has 1 aliphatic rings. The third-order valence-electron chi connectivity index (χ3n) is 18.5. The molecule has 14 aromatic rings. The van der Waals surface area contributed by atoms with Gasteiger partial charge in [0.2, 0.25) is 11.7 Å². The third kappa shape index (κ3) is 25.5. The molecule has 1 fully saturated rings. The van der Waals surface area contributed by atoms with Crippen LogP contribution in [0.1, 0.15) is 133 Å². The number of hydrogen-bond donors (Lipinski definition) is 6. The lowest BCUT2D eigenvalue weighted by Crippen LogP contribution is -2.41. The number of pyridine rings is 4. The zero-order chi connectivity index (χ0) is 85.4. The zero-order valence-corrected chi connectivity index (χ0v) is 67.3. The van der Waals surface area contributed by atoms with E-state index in [-0.39, 0.29) is 65.9 Å². The Kier molecular flexibility index (Phi) is 30.7. The molecule has 5 aromatic carbocycles. The fraction of sp³-hybridized carbons (Fsp3) is 0.261. The number of benzene rings is 5. The highest BCUT2D eigenvalue weighted by atomic mass is 16.6. The lowest BCUT2D eigenvalue weighted by Gasteiger charge is -2.33. The number of fused-ring (bicyclic) bond motifs is 5. The van der Waals surface area contributed by atoms with Crippen molar-refractivity contribution < 1.29 is 67.0 Å². The number of carbonyl (C=O) groups is 7. The number of esters is 1. The second-order valence-corrected chi connectivity index (χ2v) is 28.6. The summed E-state index contributed by atoms with van der Waals surface area (Å²) in [6.07, 6.45) is 31.2. The molecule has 15 rings (SSSR count). The molecule has 9 aromatic heterocycles. The third-order valence-corrected chi connectivity index (χ3v) is 18.5. The summed E-state index contributed by atoms with van der Waals surface area (Å²) >= 11 is 0. The molecule has 122 heavy (non-hydrogen) atoms. The van der Waals surface area contributed by atoms with Crippen LogP contribution in [0, 0.1) is 5.92 Å². The second-order valence-electron chi connectivity index (χ2n) is 28.6. The Balaban J connectivity index is 0.000000152. The van der Waals surface area contributed by atoms with Crippen molar-refractivity contribution >= 4 is 119 Å². The molecule has 6 N–H and O–H groups in total. The van der Waals surface area contributed by atoms with Gasteiger partial charge in [-0.1, -0.05) is 55.7 Å². The van der Waals surface area contributed by atoms with Gasteiger partial charge in [-0.25, -0.2) is 34.3 Å². The van der Waals surface area contributed by atoms with Gasteiger partial charge in [-0.05, 0) is 142 Å². The fourth-order valence-corrected chi connectivity index (χ4v) is 12.7. The van der Waals surface area contributed by atoms with Crippen LogP contribution in [0.15, 0.2) is 219 Å². The van der Waals surface area contributed by atoms with Crippen molar-refractivity contribution in [2.24, 2.45) is 5.92 Å². The number of unbranched alkanes of at least 4 members (excludes halogenated alkanes) is 4. The molecule has 1 aliphatic heterocycles. The van der Waals surface area contributed by atoms with Crippen molar-refractivity contribution in [1.29, 1.82) is 0 Å². The lowest BCUT2D eigenvalue weighted by molar-refractivity contribution is -0.134. The number of aliphatic hydroxyl groups is 1. The highest BCUT2D eigenvalue weighted by molar-refractivity contribution is 6.10. The number of nitrogens with one attached hydrogen (secondary N) is 5. The number of nitrogens with zero attached hydrogens (tertiary/aromatic N) is 15. The lowest BCUT2D eigenvalue weighted by atomic mass is 9.94. The van der Waals surface area contributed by atoms with E-state index in [1.54, 1.807) is 90.4 Å². The molecule has 0 spiro atoms. The van der Waals surface area contributed by atoms with Gasteiger partial charge in [-0.3, -0.25) is 63.7 Å². The molecular formula is C88H88N20O14. The van der Waals surface area contributed by atoms with E-state index in [1.807, 2.05) is 75.4 Å². The SMILES string of the molecule is CC(=O)NCCOc1cc(NC(=O)c2cnccn2)c2ncccc2c1.CC(C)(C)OC(=O)N1CCC(CCOc2cc(NC(=O)c3ncccn3)c3ncccc3c2)CC1.O=C(CCCCCCCc1cccc2nonc12)Oc1cc(NC(=O)c2cnccn2)c2ncccc2c1.O=C(Nc1cc(OCCO)cc2cccnc12)c1cnccn1. The molecule has 34 heteroatoms. The number of piperidine rings is 1. The molecule has 0 saturated carbocycles. The number of anilines is 4. The van der Waals surface area contributed by atoms with Crippen molar-refractivity contribution in [1.82, 2.24) is 80.3 Å². The van der Waals surface area contributed by atoms with Gasteiger partial charge in [0.15, 0.2) is 0 Å². The number of rotatable bonds is 28. The van der Waals surface area contributed by atoms with Crippen molar-refractivity contribution in [3.8, 4) is 23.0 Å². The minimum Gasteiger partial charge on any atom is -0.493 e. The average Bonchev–Trinajstić information content (AvgIpc) is 1.64. The largest absolute Gasteiger partial charge is 0.493 e. The quantitative estimate of drug-likeness (QED) is 0.0151. The van der Waals surface area contributed by atoms with Gasteiger partial charge >= 0.3 is 12.1 Å².